The fraction of sp³-hybridized carbons (Fsp3) is 1.00. The SMILES string of the molecule is CCOC(C(O)C(CC)CC)C(C)(C)C. The van der Waals surface area contributed by atoms with E-state index in [1.165, 1.54) is 0 Å². The Kier molecular flexibility index (Phi) is 6.46. The molecule has 0 rings (SSSR count). The molecule has 0 saturated carbocycles. The first-order chi connectivity index (χ1) is 6.88. The van der Waals surface area contributed by atoms with Crippen molar-refractivity contribution in [2.24, 2.45) is 11.3 Å². The van der Waals surface area contributed by atoms with Crippen LogP contribution in [-0.2, 0) is 4.74 Å². The van der Waals surface area contributed by atoms with E-state index in [1.54, 1.807) is 0 Å². The number of rotatable bonds is 6. The van der Waals surface area contributed by atoms with E-state index in [2.05, 4.69) is 34.6 Å². The van der Waals surface area contributed by atoms with Crippen LogP contribution in [0.4, 0.5) is 0 Å². The molecule has 0 aromatic carbocycles. The molecule has 92 valence electrons. The molecule has 15 heavy (non-hydrogen) atoms. The van der Waals surface area contributed by atoms with Crippen LogP contribution < -0.4 is 0 Å². The molecule has 0 spiro atoms. The number of hydrogen-bond donors (Lipinski definition) is 1. The molecule has 0 saturated heterocycles. The zero-order chi connectivity index (χ0) is 12.1. The Morgan fingerprint density at radius 1 is 1.07 bits per heavy atom. The molecule has 0 aromatic rings. The van der Waals surface area contributed by atoms with Crippen LogP contribution in [0.15, 0.2) is 0 Å². The molecule has 2 heteroatoms. The minimum absolute atomic E-state index is 0.00197. The lowest BCUT2D eigenvalue weighted by Gasteiger charge is -2.37. The van der Waals surface area contributed by atoms with Crippen LogP contribution in [0.5, 0.6) is 0 Å². The van der Waals surface area contributed by atoms with Crippen molar-refractivity contribution in [3.8, 4) is 0 Å². The van der Waals surface area contributed by atoms with E-state index in [4.69, 9.17) is 4.74 Å². The van der Waals surface area contributed by atoms with Gasteiger partial charge in [-0.1, -0.05) is 47.5 Å². The van der Waals surface area contributed by atoms with Crippen molar-refractivity contribution in [1.82, 2.24) is 0 Å². The molecule has 2 unspecified atom stereocenters. The molecule has 0 aliphatic heterocycles. The maximum atomic E-state index is 10.3. The highest BCUT2D eigenvalue weighted by Crippen LogP contribution is 2.30. The van der Waals surface area contributed by atoms with Crippen molar-refractivity contribution >= 4 is 0 Å². The molecule has 0 radical (unpaired) electrons. The Bertz CT molecular complexity index is 156. The van der Waals surface area contributed by atoms with Crippen LogP contribution in [0.3, 0.4) is 0 Å². The van der Waals surface area contributed by atoms with Gasteiger partial charge in [-0.2, -0.15) is 0 Å². The first-order valence-electron chi connectivity index (χ1n) is 6.18. The lowest BCUT2D eigenvalue weighted by atomic mass is 9.80. The van der Waals surface area contributed by atoms with Crippen LogP contribution in [0, 0.1) is 11.3 Å². The van der Waals surface area contributed by atoms with E-state index in [9.17, 15) is 5.11 Å². The highest BCUT2D eigenvalue weighted by Gasteiger charge is 2.35. The van der Waals surface area contributed by atoms with Crippen LogP contribution in [0.2, 0.25) is 0 Å². The summed E-state index contributed by atoms with van der Waals surface area (Å²) in [4.78, 5) is 0. The minimum Gasteiger partial charge on any atom is -0.390 e. The Morgan fingerprint density at radius 2 is 1.53 bits per heavy atom. The molecule has 2 nitrogen and oxygen atoms in total. The molecule has 0 amide bonds. The molecular weight excluding hydrogens is 188 g/mol. The molecule has 0 bridgehead atoms. The second-order valence-electron chi connectivity index (χ2n) is 5.31. The van der Waals surface area contributed by atoms with Crippen molar-refractivity contribution in [3.63, 3.8) is 0 Å². The van der Waals surface area contributed by atoms with Crippen molar-refractivity contribution in [3.05, 3.63) is 0 Å². The summed E-state index contributed by atoms with van der Waals surface area (Å²) >= 11 is 0. The Hall–Kier alpha value is -0.0800. The predicted molar refractivity (Wildman–Crippen MR) is 64.9 cm³/mol. The monoisotopic (exact) mass is 216 g/mol. The number of aliphatic hydroxyl groups excluding tert-OH is 1. The highest BCUT2D eigenvalue weighted by molar-refractivity contribution is 4.84. The molecule has 0 heterocycles. The van der Waals surface area contributed by atoms with Gasteiger partial charge in [0.05, 0.1) is 12.2 Å². The van der Waals surface area contributed by atoms with Gasteiger partial charge < -0.3 is 9.84 Å². The summed E-state index contributed by atoms with van der Waals surface area (Å²) in [7, 11) is 0. The van der Waals surface area contributed by atoms with Gasteiger partial charge in [0.15, 0.2) is 0 Å². The number of ether oxygens (including phenoxy) is 1. The topological polar surface area (TPSA) is 29.5 Å². The summed E-state index contributed by atoms with van der Waals surface area (Å²) in [5.74, 6) is 0.348. The largest absolute Gasteiger partial charge is 0.390 e. The first kappa shape index (κ1) is 14.9. The van der Waals surface area contributed by atoms with Gasteiger partial charge in [0.2, 0.25) is 0 Å². The summed E-state index contributed by atoms with van der Waals surface area (Å²) < 4.78 is 5.70. The fourth-order valence-corrected chi connectivity index (χ4v) is 2.06. The van der Waals surface area contributed by atoms with E-state index < -0.39 is 0 Å². The fourth-order valence-electron chi connectivity index (χ4n) is 2.06. The summed E-state index contributed by atoms with van der Waals surface area (Å²) in [6, 6.07) is 0. The molecule has 0 fully saturated rings. The maximum Gasteiger partial charge on any atom is 0.0884 e. The smallest absolute Gasteiger partial charge is 0.0884 e. The predicted octanol–water partition coefficient (Wildman–Crippen LogP) is 3.23. The molecule has 0 aliphatic rings. The van der Waals surface area contributed by atoms with Gasteiger partial charge in [0, 0.05) is 6.61 Å². The third kappa shape index (κ3) is 4.52. The van der Waals surface area contributed by atoms with Crippen molar-refractivity contribution in [2.75, 3.05) is 6.61 Å². The van der Waals surface area contributed by atoms with Gasteiger partial charge in [0.1, 0.15) is 0 Å². The van der Waals surface area contributed by atoms with Gasteiger partial charge in [-0.25, -0.2) is 0 Å². The van der Waals surface area contributed by atoms with E-state index in [0.717, 1.165) is 12.8 Å². The molecular formula is C13H28O2. The number of aliphatic hydroxyl groups is 1. The van der Waals surface area contributed by atoms with Gasteiger partial charge in [-0.15, -0.1) is 0 Å². The Morgan fingerprint density at radius 3 is 1.80 bits per heavy atom. The number of hydrogen-bond acceptors (Lipinski definition) is 2. The van der Waals surface area contributed by atoms with Gasteiger partial charge >= 0.3 is 0 Å². The van der Waals surface area contributed by atoms with Gasteiger partial charge in [-0.3, -0.25) is 0 Å². The van der Waals surface area contributed by atoms with Crippen molar-refractivity contribution in [1.29, 1.82) is 0 Å². The lowest BCUT2D eigenvalue weighted by Crippen LogP contribution is -2.44. The molecule has 0 aromatic heterocycles. The normalized spacial score (nSPS) is 16.8. The molecule has 2 atom stereocenters. The quantitative estimate of drug-likeness (QED) is 0.738. The molecule has 1 N–H and O–H groups in total. The van der Waals surface area contributed by atoms with E-state index in [1.807, 2.05) is 6.92 Å². The first-order valence-corrected chi connectivity index (χ1v) is 6.18. The third-order valence-electron chi connectivity index (χ3n) is 3.04. The average Bonchev–Trinajstić information content (AvgIpc) is 2.14. The van der Waals surface area contributed by atoms with E-state index in [-0.39, 0.29) is 17.6 Å². The van der Waals surface area contributed by atoms with Crippen LogP contribution in [-0.4, -0.2) is 23.9 Å². The summed E-state index contributed by atoms with van der Waals surface area (Å²) in [5.41, 5.74) is -0.00197. The maximum absolute atomic E-state index is 10.3. The van der Waals surface area contributed by atoms with Gasteiger partial charge in [0.25, 0.3) is 0 Å². The zero-order valence-electron chi connectivity index (χ0n) is 11.2. The van der Waals surface area contributed by atoms with E-state index in [0.29, 0.717) is 12.5 Å². The Labute approximate surface area is 95.0 Å². The van der Waals surface area contributed by atoms with Crippen LogP contribution in [0.1, 0.15) is 54.4 Å². The standard InChI is InChI=1S/C13H28O2/c1-7-10(8-2)11(14)12(15-9-3)13(4,5)6/h10-12,14H,7-9H2,1-6H3. The lowest BCUT2D eigenvalue weighted by molar-refractivity contribution is -0.109. The second-order valence-corrected chi connectivity index (χ2v) is 5.31. The zero-order valence-corrected chi connectivity index (χ0v) is 11.2. The summed E-state index contributed by atoms with van der Waals surface area (Å²) in [6.07, 6.45) is 1.61. The average molecular weight is 216 g/mol. The van der Waals surface area contributed by atoms with Gasteiger partial charge in [-0.05, 0) is 18.3 Å². The summed E-state index contributed by atoms with van der Waals surface area (Å²) in [6.45, 7) is 13.3. The Balaban J connectivity index is 4.60. The van der Waals surface area contributed by atoms with Crippen LogP contribution >= 0.6 is 0 Å². The van der Waals surface area contributed by atoms with Crippen molar-refractivity contribution in [2.45, 2.75) is 66.6 Å². The second kappa shape index (κ2) is 6.49. The third-order valence-corrected chi connectivity index (χ3v) is 3.04. The van der Waals surface area contributed by atoms with Crippen LogP contribution in [0.25, 0.3) is 0 Å². The van der Waals surface area contributed by atoms with E-state index >= 15 is 0 Å². The summed E-state index contributed by atoms with van der Waals surface area (Å²) in [5, 5.41) is 10.3. The van der Waals surface area contributed by atoms with Crippen molar-refractivity contribution < 1.29 is 9.84 Å². The minimum atomic E-state index is -0.347. The highest BCUT2D eigenvalue weighted by atomic mass is 16.5. The molecule has 0 aliphatic carbocycles.